The third kappa shape index (κ3) is 3.10. The Labute approximate surface area is 128 Å². The van der Waals surface area contributed by atoms with Crippen LogP contribution in [0.1, 0.15) is 37.4 Å². The van der Waals surface area contributed by atoms with Gasteiger partial charge in [-0.05, 0) is 31.0 Å². The fourth-order valence-electron chi connectivity index (χ4n) is 2.57. The summed E-state index contributed by atoms with van der Waals surface area (Å²) in [5.41, 5.74) is 0.910. The molecule has 1 aromatic heterocycles. The molecule has 1 aliphatic carbocycles. The third-order valence-corrected chi connectivity index (χ3v) is 4.18. The Morgan fingerprint density at radius 3 is 2.80 bits per heavy atom. The van der Waals surface area contributed by atoms with Crippen LogP contribution in [0, 0.1) is 0 Å². The molecule has 106 valence electrons. The molecule has 0 aliphatic heterocycles. The minimum atomic E-state index is 0.403. The smallest absolute Gasteiger partial charge is 0.139 e. The first-order chi connectivity index (χ1) is 9.72. The Morgan fingerprint density at radius 1 is 1.20 bits per heavy atom. The van der Waals surface area contributed by atoms with Gasteiger partial charge in [-0.1, -0.05) is 36.0 Å². The fraction of sp³-hybridized carbons (Fsp3) is 0.400. The van der Waals surface area contributed by atoms with Crippen LogP contribution in [-0.4, -0.2) is 9.78 Å². The molecule has 2 aromatic rings. The predicted octanol–water partition coefficient (Wildman–Crippen LogP) is 4.88. The molecule has 0 radical (unpaired) electrons. The highest BCUT2D eigenvalue weighted by molar-refractivity contribution is 6.34. The van der Waals surface area contributed by atoms with E-state index in [0.717, 1.165) is 5.69 Å². The van der Waals surface area contributed by atoms with E-state index in [9.17, 15) is 0 Å². The van der Waals surface area contributed by atoms with Crippen molar-refractivity contribution in [1.29, 1.82) is 0 Å². The zero-order chi connectivity index (χ0) is 13.9. The van der Waals surface area contributed by atoms with Gasteiger partial charge >= 0.3 is 0 Å². The second-order valence-electron chi connectivity index (χ2n) is 5.09. The summed E-state index contributed by atoms with van der Waals surface area (Å²) in [6.07, 6.45) is 7.08. The summed E-state index contributed by atoms with van der Waals surface area (Å²) in [4.78, 5) is 0. The highest BCUT2D eigenvalue weighted by Gasteiger charge is 2.17. The van der Waals surface area contributed by atoms with Crippen LogP contribution >= 0.6 is 23.2 Å². The van der Waals surface area contributed by atoms with Gasteiger partial charge in [0.2, 0.25) is 0 Å². The van der Waals surface area contributed by atoms with Crippen LogP contribution in [0.3, 0.4) is 0 Å². The molecule has 20 heavy (non-hydrogen) atoms. The van der Waals surface area contributed by atoms with Crippen LogP contribution in [-0.2, 0) is 6.61 Å². The van der Waals surface area contributed by atoms with E-state index in [-0.39, 0.29) is 0 Å². The lowest BCUT2D eigenvalue weighted by Crippen LogP contribution is -2.06. The van der Waals surface area contributed by atoms with E-state index >= 15 is 0 Å². The molecular formula is C15H16Cl2N2O. The van der Waals surface area contributed by atoms with E-state index < -0.39 is 0 Å². The van der Waals surface area contributed by atoms with Crippen molar-refractivity contribution >= 4 is 23.2 Å². The molecule has 0 amide bonds. The van der Waals surface area contributed by atoms with Crippen molar-refractivity contribution < 1.29 is 4.74 Å². The monoisotopic (exact) mass is 310 g/mol. The number of aromatic nitrogens is 2. The van der Waals surface area contributed by atoms with Gasteiger partial charge in [-0.3, -0.25) is 4.68 Å². The van der Waals surface area contributed by atoms with Crippen LogP contribution in [0.4, 0.5) is 0 Å². The minimum absolute atomic E-state index is 0.403. The topological polar surface area (TPSA) is 27.1 Å². The second kappa shape index (κ2) is 6.06. The maximum absolute atomic E-state index is 6.06. The van der Waals surface area contributed by atoms with Gasteiger partial charge in [0.15, 0.2) is 0 Å². The van der Waals surface area contributed by atoms with Crippen molar-refractivity contribution in [1.82, 2.24) is 9.78 Å². The molecule has 5 heteroatoms. The number of nitrogens with zero attached hydrogens (tertiary/aromatic N) is 2. The van der Waals surface area contributed by atoms with E-state index in [1.165, 1.54) is 25.7 Å². The Balaban J connectivity index is 1.64. The summed E-state index contributed by atoms with van der Waals surface area (Å²) < 4.78 is 7.75. The Hall–Kier alpha value is -1.19. The number of ether oxygens (including phenoxy) is 1. The van der Waals surface area contributed by atoms with E-state index in [1.807, 2.05) is 12.3 Å². The summed E-state index contributed by atoms with van der Waals surface area (Å²) >= 11 is 12.0. The molecule has 1 aliphatic rings. The van der Waals surface area contributed by atoms with Crippen molar-refractivity contribution in [3.05, 3.63) is 46.2 Å². The molecule has 0 spiro atoms. The van der Waals surface area contributed by atoms with Crippen LogP contribution in [0.2, 0.25) is 10.0 Å². The molecule has 1 heterocycles. The van der Waals surface area contributed by atoms with Gasteiger partial charge in [-0.25, -0.2) is 0 Å². The predicted molar refractivity (Wildman–Crippen MR) is 80.5 cm³/mol. The third-order valence-electron chi connectivity index (χ3n) is 3.63. The average Bonchev–Trinajstić information content (AvgIpc) is 3.09. The summed E-state index contributed by atoms with van der Waals surface area (Å²) in [6.45, 7) is 0.403. The summed E-state index contributed by atoms with van der Waals surface area (Å²) in [7, 11) is 0. The Kier molecular flexibility index (Phi) is 4.18. The first kappa shape index (κ1) is 13.8. The number of benzene rings is 1. The molecule has 3 rings (SSSR count). The van der Waals surface area contributed by atoms with E-state index in [2.05, 4.69) is 9.78 Å². The zero-order valence-corrected chi connectivity index (χ0v) is 12.6. The highest BCUT2D eigenvalue weighted by Crippen LogP contribution is 2.30. The van der Waals surface area contributed by atoms with Gasteiger partial charge in [0.05, 0.1) is 16.8 Å². The SMILES string of the molecule is Clc1ccc(Cl)c(OCc2ccn(C3CCCC3)n2)c1. The number of hydrogen-bond acceptors (Lipinski definition) is 2. The van der Waals surface area contributed by atoms with Gasteiger partial charge < -0.3 is 4.74 Å². The first-order valence-corrected chi connectivity index (χ1v) is 7.60. The lowest BCUT2D eigenvalue weighted by molar-refractivity contribution is 0.298. The van der Waals surface area contributed by atoms with Crippen LogP contribution in [0.5, 0.6) is 5.75 Å². The number of rotatable bonds is 4. The fourth-order valence-corrected chi connectivity index (χ4v) is 2.90. The van der Waals surface area contributed by atoms with Crippen molar-refractivity contribution in [3.63, 3.8) is 0 Å². The van der Waals surface area contributed by atoms with Crippen LogP contribution < -0.4 is 4.74 Å². The van der Waals surface area contributed by atoms with Crippen molar-refractivity contribution in [2.45, 2.75) is 38.3 Å². The van der Waals surface area contributed by atoms with Crippen molar-refractivity contribution in [3.8, 4) is 5.75 Å². The maximum Gasteiger partial charge on any atom is 0.139 e. The second-order valence-corrected chi connectivity index (χ2v) is 5.93. The molecule has 1 fully saturated rings. The molecule has 1 aromatic carbocycles. The van der Waals surface area contributed by atoms with Crippen LogP contribution in [0.25, 0.3) is 0 Å². The molecular weight excluding hydrogens is 295 g/mol. The lowest BCUT2D eigenvalue weighted by atomic mass is 10.3. The van der Waals surface area contributed by atoms with Gasteiger partial charge in [0, 0.05) is 17.3 Å². The minimum Gasteiger partial charge on any atom is -0.486 e. The quantitative estimate of drug-likeness (QED) is 0.804. The highest BCUT2D eigenvalue weighted by atomic mass is 35.5. The van der Waals surface area contributed by atoms with E-state index in [1.54, 1.807) is 18.2 Å². The standard InChI is InChI=1S/C15H16Cl2N2O/c16-11-5-6-14(17)15(9-11)20-10-12-7-8-19(18-12)13-3-1-2-4-13/h5-9,13H,1-4,10H2. The number of halogens is 2. The first-order valence-electron chi connectivity index (χ1n) is 6.84. The van der Waals surface area contributed by atoms with Gasteiger partial charge in [0.1, 0.15) is 12.4 Å². The summed E-state index contributed by atoms with van der Waals surface area (Å²) in [6, 6.07) is 7.75. The molecule has 0 bridgehead atoms. The van der Waals surface area contributed by atoms with Crippen molar-refractivity contribution in [2.24, 2.45) is 0 Å². The molecule has 1 saturated carbocycles. The van der Waals surface area contributed by atoms with Gasteiger partial charge in [-0.2, -0.15) is 5.10 Å². The molecule has 0 N–H and O–H groups in total. The largest absolute Gasteiger partial charge is 0.486 e. The summed E-state index contributed by atoms with van der Waals surface area (Å²) in [5, 5.41) is 5.75. The molecule has 0 saturated heterocycles. The average molecular weight is 311 g/mol. The van der Waals surface area contributed by atoms with Crippen molar-refractivity contribution in [2.75, 3.05) is 0 Å². The Bertz CT molecular complexity index is 591. The maximum atomic E-state index is 6.06. The summed E-state index contributed by atoms with van der Waals surface area (Å²) in [5.74, 6) is 0.592. The normalized spacial score (nSPS) is 15.7. The van der Waals surface area contributed by atoms with E-state index in [0.29, 0.717) is 28.4 Å². The lowest BCUT2D eigenvalue weighted by Gasteiger charge is -2.09. The van der Waals surface area contributed by atoms with Gasteiger partial charge in [0.25, 0.3) is 0 Å². The molecule has 0 unspecified atom stereocenters. The number of hydrogen-bond donors (Lipinski definition) is 0. The molecule has 0 atom stereocenters. The zero-order valence-electron chi connectivity index (χ0n) is 11.1. The van der Waals surface area contributed by atoms with E-state index in [4.69, 9.17) is 27.9 Å². The van der Waals surface area contributed by atoms with Crippen LogP contribution in [0.15, 0.2) is 30.5 Å². The van der Waals surface area contributed by atoms with Gasteiger partial charge in [-0.15, -0.1) is 0 Å². The Morgan fingerprint density at radius 2 is 2.00 bits per heavy atom. The molecule has 3 nitrogen and oxygen atoms in total.